The van der Waals surface area contributed by atoms with Gasteiger partial charge in [0.25, 0.3) is 10.0 Å². The number of piperidine rings is 1. The second kappa shape index (κ2) is 9.46. The number of halogens is 1. The molecule has 4 rings (SSSR count). The highest BCUT2D eigenvalue weighted by Gasteiger charge is 2.26. The monoisotopic (exact) mass is 461 g/mol. The topological polar surface area (TPSA) is 89.9 Å². The molecule has 2 aromatic rings. The van der Waals surface area contributed by atoms with E-state index in [1.165, 1.54) is 31.0 Å². The summed E-state index contributed by atoms with van der Waals surface area (Å²) in [7, 11) is -3.96. The average molecular weight is 462 g/mol. The number of anilines is 2. The maximum atomic E-state index is 13.1. The SMILES string of the molecule is O=C(O)c1cc(NS(=O)(=O)c2ccc(F)cc2)ccc1N1CCC[C@@H](CN2CCCC2)C1. The Balaban J connectivity index is 1.52. The van der Waals surface area contributed by atoms with E-state index in [0.29, 0.717) is 11.6 Å². The minimum Gasteiger partial charge on any atom is -0.478 e. The van der Waals surface area contributed by atoms with E-state index in [1.807, 2.05) is 0 Å². The van der Waals surface area contributed by atoms with Crippen LogP contribution < -0.4 is 9.62 Å². The summed E-state index contributed by atoms with van der Waals surface area (Å²) in [5, 5.41) is 9.81. The van der Waals surface area contributed by atoms with Crippen LogP contribution in [0.1, 0.15) is 36.0 Å². The molecular formula is C23H28FN3O4S. The molecule has 0 aliphatic carbocycles. The van der Waals surface area contributed by atoms with Gasteiger partial charge in [-0.25, -0.2) is 17.6 Å². The molecule has 2 fully saturated rings. The highest BCUT2D eigenvalue weighted by Crippen LogP contribution is 2.30. The number of benzene rings is 2. The Morgan fingerprint density at radius 1 is 1.06 bits per heavy atom. The van der Waals surface area contributed by atoms with Crippen molar-refractivity contribution in [2.24, 2.45) is 5.92 Å². The Bertz CT molecular complexity index is 1070. The molecule has 32 heavy (non-hydrogen) atoms. The van der Waals surface area contributed by atoms with Gasteiger partial charge in [0.2, 0.25) is 0 Å². The number of rotatable bonds is 7. The molecule has 9 heteroatoms. The van der Waals surface area contributed by atoms with E-state index in [-0.39, 0.29) is 16.1 Å². The molecule has 172 valence electrons. The molecule has 2 aromatic carbocycles. The number of hydrogen-bond acceptors (Lipinski definition) is 5. The summed E-state index contributed by atoms with van der Waals surface area (Å²) < 4.78 is 40.7. The van der Waals surface area contributed by atoms with Crippen LogP contribution in [0.25, 0.3) is 0 Å². The van der Waals surface area contributed by atoms with Crippen LogP contribution in [0.3, 0.4) is 0 Å². The van der Waals surface area contributed by atoms with Crippen LogP contribution in [-0.4, -0.2) is 57.1 Å². The summed E-state index contributed by atoms with van der Waals surface area (Å²) >= 11 is 0. The molecule has 2 N–H and O–H groups in total. The average Bonchev–Trinajstić information content (AvgIpc) is 3.27. The van der Waals surface area contributed by atoms with Crippen molar-refractivity contribution in [2.45, 2.75) is 30.6 Å². The van der Waals surface area contributed by atoms with Gasteiger partial charge in [0, 0.05) is 25.3 Å². The number of carboxylic acids is 1. The molecule has 7 nitrogen and oxygen atoms in total. The van der Waals surface area contributed by atoms with Crippen molar-refractivity contribution in [1.29, 1.82) is 0 Å². The number of nitrogens with one attached hydrogen (secondary N) is 1. The molecular weight excluding hydrogens is 433 g/mol. The molecule has 2 aliphatic rings. The summed E-state index contributed by atoms with van der Waals surface area (Å²) in [6.45, 7) is 4.88. The predicted molar refractivity (Wildman–Crippen MR) is 121 cm³/mol. The van der Waals surface area contributed by atoms with Crippen molar-refractivity contribution in [3.8, 4) is 0 Å². The Hall–Kier alpha value is -2.65. The molecule has 2 saturated heterocycles. The Morgan fingerprint density at radius 2 is 1.78 bits per heavy atom. The molecule has 1 atom stereocenters. The first-order valence-electron chi connectivity index (χ1n) is 10.9. The van der Waals surface area contributed by atoms with Gasteiger partial charge in [0.1, 0.15) is 5.82 Å². The van der Waals surface area contributed by atoms with E-state index in [0.717, 1.165) is 57.7 Å². The maximum absolute atomic E-state index is 13.1. The molecule has 0 unspecified atom stereocenters. The van der Waals surface area contributed by atoms with Gasteiger partial charge in [0.05, 0.1) is 16.1 Å². The predicted octanol–water partition coefficient (Wildman–Crippen LogP) is 3.64. The van der Waals surface area contributed by atoms with Gasteiger partial charge in [-0.2, -0.15) is 0 Å². The van der Waals surface area contributed by atoms with Crippen LogP contribution in [0.2, 0.25) is 0 Å². The first kappa shape index (κ1) is 22.5. The molecule has 0 bridgehead atoms. The van der Waals surface area contributed by atoms with Gasteiger partial charge in [-0.1, -0.05) is 0 Å². The first-order valence-corrected chi connectivity index (χ1v) is 12.4. The minimum atomic E-state index is -3.96. The van der Waals surface area contributed by atoms with Gasteiger partial charge in [0.15, 0.2) is 0 Å². The quantitative estimate of drug-likeness (QED) is 0.654. The number of sulfonamides is 1. The fraction of sp³-hybridized carbons (Fsp3) is 0.435. The zero-order valence-corrected chi connectivity index (χ0v) is 18.7. The lowest BCUT2D eigenvalue weighted by atomic mass is 9.96. The minimum absolute atomic E-state index is 0.0612. The Labute approximate surface area is 187 Å². The number of carbonyl (C=O) groups is 1. The van der Waals surface area contributed by atoms with Gasteiger partial charge in [-0.15, -0.1) is 0 Å². The van der Waals surface area contributed by atoms with Crippen molar-refractivity contribution in [2.75, 3.05) is 42.3 Å². The number of aromatic carboxylic acids is 1. The lowest BCUT2D eigenvalue weighted by Crippen LogP contribution is -2.41. The van der Waals surface area contributed by atoms with Crippen LogP contribution in [0.15, 0.2) is 47.4 Å². The Kier molecular flexibility index (Phi) is 6.66. The second-order valence-corrected chi connectivity index (χ2v) is 10.2. The van der Waals surface area contributed by atoms with Crippen molar-refractivity contribution < 1.29 is 22.7 Å². The van der Waals surface area contributed by atoms with E-state index < -0.39 is 21.8 Å². The third-order valence-electron chi connectivity index (χ3n) is 6.18. The smallest absolute Gasteiger partial charge is 0.337 e. The fourth-order valence-electron chi connectivity index (χ4n) is 4.64. The zero-order chi connectivity index (χ0) is 22.7. The van der Waals surface area contributed by atoms with Gasteiger partial charge < -0.3 is 14.9 Å². The summed E-state index contributed by atoms with van der Waals surface area (Å²) in [4.78, 5) is 16.5. The van der Waals surface area contributed by atoms with Gasteiger partial charge in [-0.05, 0) is 87.2 Å². The summed E-state index contributed by atoms with van der Waals surface area (Å²) in [5.74, 6) is -1.16. The molecule has 0 radical (unpaired) electrons. The molecule has 0 aromatic heterocycles. The lowest BCUT2D eigenvalue weighted by Gasteiger charge is -2.36. The number of likely N-dealkylation sites (tertiary alicyclic amines) is 1. The van der Waals surface area contributed by atoms with Crippen LogP contribution in [0, 0.1) is 11.7 Å². The number of carboxylic acid groups (broad SMARTS) is 1. The summed E-state index contributed by atoms with van der Waals surface area (Å²) in [5.41, 5.74) is 0.820. The van der Waals surface area contributed by atoms with Gasteiger partial charge >= 0.3 is 5.97 Å². The third-order valence-corrected chi connectivity index (χ3v) is 7.58. The zero-order valence-electron chi connectivity index (χ0n) is 17.8. The van der Waals surface area contributed by atoms with E-state index in [9.17, 15) is 22.7 Å². The van der Waals surface area contributed by atoms with E-state index >= 15 is 0 Å². The Morgan fingerprint density at radius 3 is 2.47 bits per heavy atom. The normalized spacial score (nSPS) is 19.8. The first-order chi connectivity index (χ1) is 15.3. The van der Waals surface area contributed by atoms with Crippen LogP contribution in [-0.2, 0) is 10.0 Å². The standard InChI is InChI=1S/C23H28FN3O4S/c24-18-5-8-20(9-6-18)32(30,31)25-19-7-10-22(21(14-19)23(28)29)27-13-3-4-17(16-27)15-26-11-1-2-12-26/h5-10,14,17,25H,1-4,11-13,15-16H2,(H,28,29)/t17-/m0/s1. The highest BCUT2D eigenvalue weighted by molar-refractivity contribution is 7.92. The number of hydrogen-bond donors (Lipinski definition) is 2. The summed E-state index contributed by atoms with van der Waals surface area (Å²) in [6, 6.07) is 9.06. The lowest BCUT2D eigenvalue weighted by molar-refractivity contribution is 0.0697. The van der Waals surface area contributed by atoms with Crippen LogP contribution >= 0.6 is 0 Å². The van der Waals surface area contributed by atoms with Crippen molar-refractivity contribution >= 4 is 27.4 Å². The maximum Gasteiger partial charge on any atom is 0.337 e. The van der Waals surface area contributed by atoms with Crippen LogP contribution in [0.4, 0.5) is 15.8 Å². The molecule has 0 saturated carbocycles. The molecule has 2 heterocycles. The molecule has 2 aliphatic heterocycles. The largest absolute Gasteiger partial charge is 0.478 e. The van der Waals surface area contributed by atoms with Crippen molar-refractivity contribution in [1.82, 2.24) is 4.90 Å². The van der Waals surface area contributed by atoms with E-state index in [1.54, 1.807) is 12.1 Å². The van der Waals surface area contributed by atoms with E-state index in [4.69, 9.17) is 0 Å². The van der Waals surface area contributed by atoms with E-state index in [2.05, 4.69) is 14.5 Å². The second-order valence-electron chi connectivity index (χ2n) is 8.56. The molecule has 0 amide bonds. The number of nitrogens with zero attached hydrogens (tertiary/aromatic N) is 2. The van der Waals surface area contributed by atoms with Gasteiger partial charge in [-0.3, -0.25) is 4.72 Å². The highest BCUT2D eigenvalue weighted by atomic mass is 32.2. The third kappa shape index (κ3) is 5.21. The van der Waals surface area contributed by atoms with Crippen molar-refractivity contribution in [3.05, 3.63) is 53.8 Å². The fourth-order valence-corrected chi connectivity index (χ4v) is 5.69. The summed E-state index contributed by atoms with van der Waals surface area (Å²) in [6.07, 6.45) is 4.62. The van der Waals surface area contributed by atoms with Crippen molar-refractivity contribution in [3.63, 3.8) is 0 Å². The molecule has 0 spiro atoms. The van der Waals surface area contributed by atoms with Crippen LogP contribution in [0.5, 0.6) is 0 Å².